The molecule has 0 bridgehead atoms. The Labute approximate surface area is 143 Å². The first-order valence-corrected chi connectivity index (χ1v) is 8.05. The van der Waals surface area contributed by atoms with Gasteiger partial charge in [0.2, 0.25) is 11.8 Å². The van der Waals surface area contributed by atoms with Gasteiger partial charge >= 0.3 is 0 Å². The Morgan fingerprint density at radius 3 is 2.12 bits per heavy atom. The zero-order chi connectivity index (χ0) is 17.7. The van der Waals surface area contributed by atoms with Crippen LogP contribution in [-0.4, -0.2) is 18.4 Å². The average Bonchev–Trinajstić information content (AvgIpc) is 2.53. The minimum atomic E-state index is -0.221. The third-order valence-electron chi connectivity index (χ3n) is 4.13. The molecule has 0 aromatic heterocycles. The Hall–Kier alpha value is -2.62. The number of nitrogens with one attached hydrogen (secondary N) is 2. The molecule has 0 unspecified atom stereocenters. The maximum Gasteiger partial charge on any atom is 0.243 e. The second-order valence-electron chi connectivity index (χ2n) is 6.19. The molecular formula is C20H24N2O2. The van der Waals surface area contributed by atoms with E-state index in [2.05, 4.69) is 10.6 Å². The number of hydrogen-bond donors (Lipinski definition) is 2. The molecule has 4 heteroatoms. The molecular weight excluding hydrogens is 300 g/mol. The van der Waals surface area contributed by atoms with Crippen LogP contribution >= 0.6 is 0 Å². The van der Waals surface area contributed by atoms with Crippen molar-refractivity contribution in [1.82, 2.24) is 5.32 Å². The summed E-state index contributed by atoms with van der Waals surface area (Å²) in [6.45, 7) is 7.92. The molecule has 2 rings (SSSR count). The summed E-state index contributed by atoms with van der Waals surface area (Å²) >= 11 is 0. The van der Waals surface area contributed by atoms with Gasteiger partial charge in [0.15, 0.2) is 0 Å². The highest BCUT2D eigenvalue weighted by Gasteiger charge is 2.10. The van der Waals surface area contributed by atoms with E-state index < -0.39 is 0 Å². The topological polar surface area (TPSA) is 58.2 Å². The summed E-state index contributed by atoms with van der Waals surface area (Å²) < 4.78 is 0. The predicted octanol–water partition coefficient (Wildman–Crippen LogP) is 3.22. The van der Waals surface area contributed by atoms with Crippen molar-refractivity contribution in [3.63, 3.8) is 0 Å². The molecule has 2 aromatic carbocycles. The van der Waals surface area contributed by atoms with E-state index in [1.165, 1.54) is 5.56 Å². The lowest BCUT2D eigenvalue weighted by molar-refractivity contribution is -0.123. The molecule has 126 valence electrons. The Morgan fingerprint density at radius 1 is 0.833 bits per heavy atom. The van der Waals surface area contributed by atoms with Crippen LogP contribution < -0.4 is 10.6 Å². The van der Waals surface area contributed by atoms with Crippen molar-refractivity contribution in [2.24, 2.45) is 0 Å². The van der Waals surface area contributed by atoms with Crippen LogP contribution in [-0.2, 0) is 16.0 Å². The van der Waals surface area contributed by atoms with E-state index in [9.17, 15) is 9.59 Å². The first kappa shape index (κ1) is 17.7. The van der Waals surface area contributed by atoms with E-state index >= 15 is 0 Å². The van der Waals surface area contributed by atoms with Crippen LogP contribution in [0.5, 0.6) is 0 Å². The molecule has 0 aliphatic heterocycles. The predicted molar refractivity (Wildman–Crippen MR) is 97.2 cm³/mol. The summed E-state index contributed by atoms with van der Waals surface area (Å²) in [5, 5.41) is 5.53. The van der Waals surface area contributed by atoms with Gasteiger partial charge in [-0.15, -0.1) is 0 Å². The van der Waals surface area contributed by atoms with Gasteiger partial charge in [0.25, 0.3) is 0 Å². The van der Waals surface area contributed by atoms with E-state index in [1.54, 1.807) is 0 Å². The van der Waals surface area contributed by atoms with Gasteiger partial charge in [-0.05, 0) is 55.5 Å². The summed E-state index contributed by atoms with van der Waals surface area (Å²) in [4.78, 5) is 24.1. The minimum Gasteiger partial charge on any atom is -0.347 e. The highest BCUT2D eigenvalue weighted by Crippen LogP contribution is 2.19. The Bertz CT molecular complexity index is 746. The monoisotopic (exact) mass is 324 g/mol. The lowest BCUT2D eigenvalue weighted by Crippen LogP contribution is -2.34. The van der Waals surface area contributed by atoms with Gasteiger partial charge < -0.3 is 10.6 Å². The molecule has 0 fully saturated rings. The van der Waals surface area contributed by atoms with Crippen LogP contribution in [0.3, 0.4) is 0 Å². The summed E-state index contributed by atoms with van der Waals surface area (Å²) in [6, 6.07) is 11.8. The van der Waals surface area contributed by atoms with Gasteiger partial charge in [-0.25, -0.2) is 0 Å². The Balaban J connectivity index is 1.87. The number of aryl methyl sites for hydroxylation is 4. The van der Waals surface area contributed by atoms with Gasteiger partial charge in [-0.2, -0.15) is 0 Å². The number of hydrogen-bond acceptors (Lipinski definition) is 2. The highest BCUT2D eigenvalue weighted by molar-refractivity contribution is 5.95. The van der Waals surface area contributed by atoms with E-state index in [0.29, 0.717) is 0 Å². The van der Waals surface area contributed by atoms with E-state index in [4.69, 9.17) is 0 Å². The van der Waals surface area contributed by atoms with Gasteiger partial charge in [0.1, 0.15) is 0 Å². The lowest BCUT2D eigenvalue weighted by atomic mass is 10.0. The fourth-order valence-electron chi connectivity index (χ4n) is 2.54. The van der Waals surface area contributed by atoms with Crippen molar-refractivity contribution >= 4 is 17.5 Å². The van der Waals surface area contributed by atoms with Gasteiger partial charge in [-0.3, -0.25) is 9.59 Å². The number of benzene rings is 2. The van der Waals surface area contributed by atoms with Crippen LogP contribution in [0.4, 0.5) is 5.69 Å². The largest absolute Gasteiger partial charge is 0.347 e. The molecule has 0 saturated heterocycles. The van der Waals surface area contributed by atoms with Crippen molar-refractivity contribution in [2.75, 3.05) is 11.9 Å². The average molecular weight is 324 g/mol. The maximum atomic E-state index is 12.0. The zero-order valence-electron chi connectivity index (χ0n) is 14.7. The molecule has 0 atom stereocenters. The molecule has 0 spiro atoms. The normalized spacial score (nSPS) is 10.3. The fourth-order valence-corrected chi connectivity index (χ4v) is 2.54. The fraction of sp³-hybridized carbons (Fsp3) is 0.300. The SMILES string of the molecule is Cc1ccc(CC(=O)NCC(=O)Nc2c(C)cccc2C)cc1C. The molecule has 2 aromatic rings. The molecule has 0 radical (unpaired) electrons. The standard InChI is InChI=1S/C20H24N2O2/c1-13-8-9-17(10-16(13)4)11-18(23)21-12-19(24)22-20-14(2)6-5-7-15(20)3/h5-10H,11-12H2,1-4H3,(H,21,23)(H,22,24). The molecule has 0 aliphatic carbocycles. The van der Waals surface area contributed by atoms with E-state index in [-0.39, 0.29) is 24.8 Å². The summed E-state index contributed by atoms with van der Waals surface area (Å²) in [5.74, 6) is -0.379. The van der Waals surface area contributed by atoms with E-state index in [1.807, 2.05) is 64.1 Å². The minimum absolute atomic E-state index is 0.0303. The third kappa shape index (κ3) is 4.69. The molecule has 2 amide bonds. The van der Waals surface area contributed by atoms with Crippen LogP contribution in [0.25, 0.3) is 0 Å². The number of para-hydroxylation sites is 1. The van der Waals surface area contributed by atoms with Crippen LogP contribution in [0.15, 0.2) is 36.4 Å². The quantitative estimate of drug-likeness (QED) is 0.887. The zero-order valence-corrected chi connectivity index (χ0v) is 14.7. The smallest absolute Gasteiger partial charge is 0.243 e. The van der Waals surface area contributed by atoms with Crippen molar-refractivity contribution in [3.8, 4) is 0 Å². The summed E-state index contributed by atoms with van der Waals surface area (Å²) in [7, 11) is 0. The third-order valence-corrected chi connectivity index (χ3v) is 4.13. The molecule has 24 heavy (non-hydrogen) atoms. The van der Waals surface area contributed by atoms with Crippen molar-refractivity contribution < 1.29 is 9.59 Å². The summed E-state index contributed by atoms with van der Waals surface area (Å²) in [6.07, 6.45) is 0.276. The second-order valence-corrected chi connectivity index (χ2v) is 6.19. The van der Waals surface area contributed by atoms with Gasteiger partial charge in [0.05, 0.1) is 13.0 Å². The first-order valence-electron chi connectivity index (χ1n) is 8.05. The van der Waals surface area contributed by atoms with Crippen molar-refractivity contribution in [2.45, 2.75) is 34.1 Å². The molecule has 0 heterocycles. The maximum absolute atomic E-state index is 12.0. The number of anilines is 1. The summed E-state index contributed by atoms with van der Waals surface area (Å²) in [5.41, 5.74) is 6.13. The first-order chi connectivity index (χ1) is 11.4. The van der Waals surface area contributed by atoms with Gasteiger partial charge in [0, 0.05) is 5.69 Å². The van der Waals surface area contributed by atoms with Crippen molar-refractivity contribution in [1.29, 1.82) is 0 Å². The highest BCUT2D eigenvalue weighted by atomic mass is 16.2. The molecule has 0 saturated carbocycles. The number of carbonyl (C=O) groups excluding carboxylic acids is 2. The molecule has 2 N–H and O–H groups in total. The van der Waals surface area contributed by atoms with Crippen LogP contribution in [0.2, 0.25) is 0 Å². The van der Waals surface area contributed by atoms with Gasteiger partial charge in [-0.1, -0.05) is 36.4 Å². The Kier molecular flexibility index (Phi) is 5.74. The van der Waals surface area contributed by atoms with Crippen molar-refractivity contribution in [3.05, 3.63) is 64.2 Å². The van der Waals surface area contributed by atoms with E-state index in [0.717, 1.165) is 27.9 Å². The van der Waals surface area contributed by atoms with Crippen LogP contribution in [0, 0.1) is 27.7 Å². The second kappa shape index (κ2) is 7.77. The lowest BCUT2D eigenvalue weighted by Gasteiger charge is -2.12. The van der Waals surface area contributed by atoms with Crippen LogP contribution in [0.1, 0.15) is 27.8 Å². The molecule has 0 aliphatic rings. The molecule has 4 nitrogen and oxygen atoms in total. The number of amides is 2. The number of rotatable bonds is 5. The number of carbonyl (C=O) groups is 2. The Morgan fingerprint density at radius 2 is 1.50 bits per heavy atom.